The number of aryl methyl sites for hydroxylation is 1. The Morgan fingerprint density at radius 1 is 1.03 bits per heavy atom. The molecule has 3 unspecified atom stereocenters. The van der Waals surface area contributed by atoms with E-state index >= 15 is 0 Å². The summed E-state index contributed by atoms with van der Waals surface area (Å²) in [4.78, 5) is 6.51. The fourth-order valence-electron chi connectivity index (χ4n) is 8.97. The number of hydrogen-bond donors (Lipinski definition) is 1. The Hall–Kier alpha value is -5.71. The monoisotopic (exact) mass is 793 g/mol. The molecule has 4 aromatic rings. The molecule has 2 aromatic carbocycles. The number of rotatable bonds is 11. The molecule has 2 aliphatic heterocycles. The first kappa shape index (κ1) is 39.1. The van der Waals surface area contributed by atoms with Crippen LogP contribution in [0.5, 0.6) is 0 Å². The highest BCUT2D eigenvalue weighted by Gasteiger charge is 2.41. The summed E-state index contributed by atoms with van der Waals surface area (Å²) in [5, 5.41) is 2.57. The van der Waals surface area contributed by atoms with Crippen LogP contribution in [-0.4, -0.2) is 22.1 Å². The van der Waals surface area contributed by atoms with E-state index in [0.717, 1.165) is 12.8 Å². The summed E-state index contributed by atoms with van der Waals surface area (Å²) in [7, 11) is 0. The smallest absolute Gasteiger partial charge is 0.0578 e. The lowest BCUT2D eigenvalue weighted by Crippen LogP contribution is -2.33. The van der Waals surface area contributed by atoms with Gasteiger partial charge in [-0.3, -0.25) is 0 Å². The van der Waals surface area contributed by atoms with Crippen LogP contribution < -0.4 is 5.73 Å². The van der Waals surface area contributed by atoms with Gasteiger partial charge in [-0.05, 0) is 97.7 Å². The average molecular weight is 794 g/mol. The van der Waals surface area contributed by atoms with Gasteiger partial charge in [-0.1, -0.05) is 122 Å². The zero-order valence-corrected chi connectivity index (χ0v) is 35.5. The molecule has 0 saturated carbocycles. The summed E-state index contributed by atoms with van der Waals surface area (Å²) in [6, 6.07) is 13.5. The van der Waals surface area contributed by atoms with Crippen LogP contribution in [-0.2, 0) is 0 Å². The van der Waals surface area contributed by atoms with E-state index in [2.05, 4.69) is 165 Å². The Morgan fingerprint density at radius 3 is 2.69 bits per heavy atom. The number of allylic oxidation sites excluding steroid dienone is 15. The predicted octanol–water partition coefficient (Wildman–Crippen LogP) is 14.0. The van der Waals surface area contributed by atoms with Gasteiger partial charge in [-0.2, -0.15) is 0 Å². The van der Waals surface area contributed by atoms with Crippen molar-refractivity contribution in [3.63, 3.8) is 0 Å². The Morgan fingerprint density at radius 2 is 1.90 bits per heavy atom. The van der Waals surface area contributed by atoms with Gasteiger partial charge >= 0.3 is 0 Å². The fourth-order valence-corrected chi connectivity index (χ4v) is 11.4. The maximum Gasteiger partial charge on any atom is 0.0578 e. The largest absolute Gasteiger partial charge is 0.405 e. The topological polar surface area (TPSA) is 34.2 Å². The second-order valence-corrected chi connectivity index (χ2v) is 17.3. The van der Waals surface area contributed by atoms with Crippen LogP contribution in [0.25, 0.3) is 38.8 Å². The maximum absolute atomic E-state index is 6.11. The molecular formula is C53H51N3S2. The molecule has 5 heteroatoms. The van der Waals surface area contributed by atoms with Crippen molar-refractivity contribution in [2.75, 3.05) is 6.54 Å². The molecule has 0 spiro atoms. The second kappa shape index (κ2) is 17.0. The number of aromatic nitrogens is 1. The van der Waals surface area contributed by atoms with Crippen molar-refractivity contribution in [1.82, 2.24) is 9.47 Å². The molecule has 2 aliphatic carbocycles. The first-order valence-electron chi connectivity index (χ1n) is 20.3. The van der Waals surface area contributed by atoms with Crippen LogP contribution in [0.15, 0.2) is 185 Å². The third kappa shape index (κ3) is 6.88. The molecule has 0 radical (unpaired) electrons. The van der Waals surface area contributed by atoms with Gasteiger partial charge in [0, 0.05) is 77.6 Å². The number of hydrogen-bond acceptors (Lipinski definition) is 4. The summed E-state index contributed by atoms with van der Waals surface area (Å²) in [5.41, 5.74) is 22.0. The van der Waals surface area contributed by atoms with Crippen molar-refractivity contribution >= 4 is 61.9 Å². The van der Waals surface area contributed by atoms with Gasteiger partial charge in [0.15, 0.2) is 0 Å². The quantitative estimate of drug-likeness (QED) is 0.0933. The van der Waals surface area contributed by atoms with Gasteiger partial charge in [0.2, 0.25) is 0 Å². The third-order valence-corrected chi connectivity index (χ3v) is 13.9. The first-order valence-corrected chi connectivity index (χ1v) is 21.9. The molecule has 2 N–H and O–H groups in total. The molecule has 0 saturated heterocycles. The second-order valence-electron chi connectivity index (χ2n) is 15.0. The number of nitrogens with zero attached hydrogens (tertiary/aromatic N) is 2. The minimum Gasteiger partial charge on any atom is -0.405 e. The summed E-state index contributed by atoms with van der Waals surface area (Å²) >= 11 is 3.77. The van der Waals surface area contributed by atoms with Crippen LogP contribution in [0.4, 0.5) is 0 Å². The number of thiophene rings is 1. The van der Waals surface area contributed by atoms with E-state index in [4.69, 9.17) is 5.73 Å². The number of thioether (sulfide) groups is 1. The zero-order chi connectivity index (χ0) is 40.3. The molecule has 290 valence electrons. The molecule has 2 bridgehead atoms. The number of fused-ring (bicyclic) bond motifs is 7. The number of nitrogens with two attached hydrogens (primary N) is 1. The summed E-state index contributed by atoms with van der Waals surface area (Å²) in [6.45, 7) is 18.2. The van der Waals surface area contributed by atoms with Crippen LogP contribution in [0.1, 0.15) is 59.9 Å². The Bertz CT molecular complexity index is 2710. The molecule has 8 rings (SSSR count). The normalized spacial score (nSPS) is 20.3. The van der Waals surface area contributed by atoms with Crippen LogP contribution in [0.2, 0.25) is 0 Å². The average Bonchev–Trinajstić information content (AvgIpc) is 3.68. The molecule has 4 aliphatic rings. The maximum atomic E-state index is 6.11. The van der Waals surface area contributed by atoms with E-state index < -0.39 is 0 Å². The Labute approximate surface area is 352 Å². The van der Waals surface area contributed by atoms with E-state index in [9.17, 15) is 0 Å². The van der Waals surface area contributed by atoms with Gasteiger partial charge < -0.3 is 15.2 Å². The molecule has 2 aromatic heterocycles. The van der Waals surface area contributed by atoms with Crippen molar-refractivity contribution in [3.05, 3.63) is 207 Å². The Kier molecular flexibility index (Phi) is 11.5. The van der Waals surface area contributed by atoms with E-state index in [1.165, 1.54) is 86.2 Å². The SMILES string of the molecule is C=CC1C2=C(C=CC3C=C2Sc2ccccc23)N(C/C(=C\C=C/N)C2=C(n3c(C)c(C=C=C/C=C\C)c4c5sc(C)c(/C=C\CC)c5ccc43)CC=CC=C2)C1C=C. The molecule has 3 nitrogen and oxygen atoms in total. The summed E-state index contributed by atoms with van der Waals surface area (Å²) < 4.78 is 3.82. The van der Waals surface area contributed by atoms with E-state index in [0.29, 0.717) is 6.54 Å². The van der Waals surface area contributed by atoms with Crippen LogP contribution in [0.3, 0.4) is 0 Å². The molecule has 4 heterocycles. The van der Waals surface area contributed by atoms with Crippen molar-refractivity contribution in [2.45, 2.75) is 57.4 Å². The molecule has 0 amide bonds. The lowest BCUT2D eigenvalue weighted by atomic mass is 9.91. The minimum atomic E-state index is 0.0331. The van der Waals surface area contributed by atoms with Crippen molar-refractivity contribution in [2.24, 2.45) is 11.7 Å². The lowest BCUT2D eigenvalue weighted by molar-refractivity contribution is 0.329. The molecule has 58 heavy (non-hydrogen) atoms. The molecular weight excluding hydrogens is 743 g/mol. The van der Waals surface area contributed by atoms with Crippen molar-refractivity contribution in [3.8, 4) is 0 Å². The van der Waals surface area contributed by atoms with Gasteiger partial charge in [0.1, 0.15) is 0 Å². The summed E-state index contributed by atoms with van der Waals surface area (Å²) in [5.74, 6) is 0.326. The predicted molar refractivity (Wildman–Crippen MR) is 255 cm³/mol. The minimum absolute atomic E-state index is 0.0331. The van der Waals surface area contributed by atoms with Gasteiger partial charge in [-0.25, -0.2) is 0 Å². The lowest BCUT2D eigenvalue weighted by Gasteiger charge is -2.31. The summed E-state index contributed by atoms with van der Waals surface area (Å²) in [6.07, 6.45) is 40.7. The zero-order valence-electron chi connectivity index (χ0n) is 33.9. The highest BCUT2D eigenvalue weighted by atomic mass is 32.2. The van der Waals surface area contributed by atoms with Gasteiger partial charge in [0.05, 0.1) is 11.6 Å². The highest BCUT2D eigenvalue weighted by molar-refractivity contribution is 8.03. The molecule has 3 atom stereocenters. The van der Waals surface area contributed by atoms with Crippen molar-refractivity contribution in [1.29, 1.82) is 0 Å². The van der Waals surface area contributed by atoms with E-state index in [1.54, 1.807) is 6.20 Å². The Balaban J connectivity index is 1.32. The fraction of sp³-hybridized carbons (Fsp3) is 0.189. The van der Waals surface area contributed by atoms with E-state index in [-0.39, 0.29) is 17.9 Å². The van der Waals surface area contributed by atoms with Gasteiger partial charge in [0.25, 0.3) is 0 Å². The third-order valence-electron chi connectivity index (χ3n) is 11.6. The number of benzene rings is 2. The standard InChI is InChI=1S/C53H51N3S2/c1-7-11-13-15-23-40-35(5)56(48-31-29-44-41(22-12-8-2)36(6)57-53(44)52(40)48)46-26-17-14-16-24-42(46)38(21-20-32-54)34-55-45(10-4)39(9-3)51-47(55)30-28-37-33-50(51)58-49-27-19-18-25-43(37)49/h7,9-14,16-25,27-33,37,39,45H,3-4,8,26,34,54H2,1-2,5-6H3/b11-7-,22-12-,32-20-,38-21+. The van der Waals surface area contributed by atoms with Crippen molar-refractivity contribution < 1.29 is 0 Å². The molecule has 0 fully saturated rings. The van der Waals surface area contributed by atoms with Crippen LogP contribution >= 0.6 is 23.1 Å². The van der Waals surface area contributed by atoms with Crippen LogP contribution in [0, 0.1) is 19.8 Å². The highest BCUT2D eigenvalue weighted by Crippen LogP contribution is 2.52. The van der Waals surface area contributed by atoms with E-state index in [1.807, 2.05) is 54.3 Å². The first-order chi connectivity index (χ1) is 28.4. The van der Waals surface area contributed by atoms with Gasteiger partial charge in [-0.15, -0.1) is 30.2 Å².